The van der Waals surface area contributed by atoms with Gasteiger partial charge >= 0.3 is 6.18 Å². The monoisotopic (exact) mass is 483 g/mol. The van der Waals surface area contributed by atoms with Crippen LogP contribution in [0.4, 0.5) is 18.9 Å². The fourth-order valence-electron chi connectivity index (χ4n) is 2.81. The first-order valence-corrected chi connectivity index (χ1v) is 11.4. The molecule has 0 aliphatic carbocycles. The van der Waals surface area contributed by atoms with Gasteiger partial charge in [0, 0.05) is 30.4 Å². The largest absolute Gasteiger partial charge is 0.405 e. The highest BCUT2D eigenvalue weighted by Gasteiger charge is 2.27. The molecule has 0 heterocycles. The summed E-state index contributed by atoms with van der Waals surface area (Å²) in [6, 6.07) is 11.5. The number of anilines is 1. The van der Waals surface area contributed by atoms with Crippen LogP contribution in [0.3, 0.4) is 0 Å². The molecule has 0 bridgehead atoms. The molecule has 0 unspecified atom stereocenters. The van der Waals surface area contributed by atoms with Crippen LogP contribution >= 0.6 is 0 Å². The van der Waals surface area contributed by atoms with Crippen LogP contribution in [0.25, 0.3) is 6.08 Å². The van der Waals surface area contributed by atoms with Crippen molar-refractivity contribution in [3.05, 3.63) is 65.7 Å². The number of hydrogen-bond donors (Lipinski definition) is 2. The first kappa shape index (κ1) is 26.1. The maximum absolute atomic E-state index is 12.5. The van der Waals surface area contributed by atoms with E-state index in [9.17, 15) is 31.2 Å². The van der Waals surface area contributed by atoms with Gasteiger partial charge in [-0.2, -0.15) is 17.5 Å². The van der Waals surface area contributed by atoms with E-state index >= 15 is 0 Å². The third kappa shape index (κ3) is 7.72. The predicted molar refractivity (Wildman–Crippen MR) is 119 cm³/mol. The summed E-state index contributed by atoms with van der Waals surface area (Å²) < 4.78 is 62.8. The fourth-order valence-corrected chi connectivity index (χ4v) is 4.26. The van der Waals surface area contributed by atoms with E-state index in [1.165, 1.54) is 52.9 Å². The zero-order valence-electron chi connectivity index (χ0n) is 18.0. The number of nitrogens with one attached hydrogen (secondary N) is 2. The third-order valence-corrected chi connectivity index (χ3v) is 6.58. The number of hydrogen-bond acceptors (Lipinski definition) is 4. The molecule has 0 aliphatic heterocycles. The predicted octanol–water partition coefficient (Wildman–Crippen LogP) is 3.66. The summed E-state index contributed by atoms with van der Waals surface area (Å²) in [6.07, 6.45) is -1.75. The van der Waals surface area contributed by atoms with E-state index in [4.69, 9.17) is 0 Å². The van der Waals surface area contributed by atoms with Crippen LogP contribution in [0.5, 0.6) is 0 Å². The quantitative estimate of drug-likeness (QED) is 0.532. The molecule has 2 aromatic carbocycles. The Morgan fingerprint density at radius 3 is 2.06 bits per heavy atom. The van der Waals surface area contributed by atoms with Crippen LogP contribution in [0.15, 0.2) is 59.5 Å². The van der Waals surface area contributed by atoms with Gasteiger partial charge in [-0.05, 0) is 48.0 Å². The molecular weight excluding hydrogens is 459 g/mol. The normalized spacial score (nSPS) is 12.2. The molecule has 0 fully saturated rings. The average molecular weight is 484 g/mol. The number of benzene rings is 2. The standard InChI is InChI=1S/C22H24F3N3O4S/c1-3-28(4-2)33(31,32)19-12-5-16(6-13-19)7-14-20(29)27-18-10-8-17(9-11-18)21(30)26-15-22(23,24)25/h5-14H,3-4,15H2,1-2H3,(H,26,30)(H,27,29)/b14-7+. The first-order chi connectivity index (χ1) is 15.5. The van der Waals surface area contributed by atoms with Gasteiger partial charge < -0.3 is 10.6 Å². The fraction of sp³-hybridized carbons (Fsp3) is 0.273. The van der Waals surface area contributed by atoms with Crippen LogP contribution in [0.2, 0.25) is 0 Å². The number of carbonyl (C=O) groups excluding carboxylic acids is 2. The van der Waals surface area contributed by atoms with E-state index in [0.29, 0.717) is 24.3 Å². The van der Waals surface area contributed by atoms with Gasteiger partial charge in [0.2, 0.25) is 15.9 Å². The third-order valence-electron chi connectivity index (χ3n) is 4.51. The lowest BCUT2D eigenvalue weighted by Gasteiger charge is -2.18. The molecule has 2 N–H and O–H groups in total. The van der Waals surface area contributed by atoms with Crippen LogP contribution in [0.1, 0.15) is 29.8 Å². The van der Waals surface area contributed by atoms with Gasteiger partial charge in [-0.25, -0.2) is 8.42 Å². The number of amides is 2. The molecule has 7 nitrogen and oxygen atoms in total. The van der Waals surface area contributed by atoms with E-state index in [-0.39, 0.29) is 10.5 Å². The van der Waals surface area contributed by atoms with Gasteiger partial charge in [-0.1, -0.05) is 26.0 Å². The zero-order chi connectivity index (χ0) is 24.6. The molecular formula is C22H24F3N3O4S. The summed E-state index contributed by atoms with van der Waals surface area (Å²) in [4.78, 5) is 24.0. The Labute approximate surface area is 190 Å². The highest BCUT2D eigenvalue weighted by Crippen LogP contribution is 2.17. The lowest BCUT2D eigenvalue weighted by Crippen LogP contribution is -2.33. The molecule has 0 radical (unpaired) electrons. The van der Waals surface area contributed by atoms with Gasteiger partial charge in [-0.3, -0.25) is 9.59 Å². The number of alkyl halides is 3. The van der Waals surface area contributed by atoms with Crippen molar-refractivity contribution in [2.45, 2.75) is 24.9 Å². The number of sulfonamides is 1. The van der Waals surface area contributed by atoms with Crippen molar-refractivity contribution >= 4 is 33.6 Å². The highest BCUT2D eigenvalue weighted by atomic mass is 32.2. The van der Waals surface area contributed by atoms with E-state index < -0.39 is 34.6 Å². The van der Waals surface area contributed by atoms with Gasteiger partial charge in [0.1, 0.15) is 6.54 Å². The van der Waals surface area contributed by atoms with Crippen molar-refractivity contribution in [1.82, 2.24) is 9.62 Å². The smallest absolute Gasteiger partial charge is 0.343 e. The summed E-state index contributed by atoms with van der Waals surface area (Å²) in [5, 5.41) is 4.32. The average Bonchev–Trinajstić information content (AvgIpc) is 2.77. The van der Waals surface area contributed by atoms with E-state index in [2.05, 4.69) is 5.32 Å². The summed E-state index contributed by atoms with van der Waals surface area (Å²) in [6.45, 7) is 2.80. The van der Waals surface area contributed by atoms with Crippen molar-refractivity contribution in [3.8, 4) is 0 Å². The van der Waals surface area contributed by atoms with Crippen LogP contribution < -0.4 is 10.6 Å². The van der Waals surface area contributed by atoms with Crippen molar-refractivity contribution < 1.29 is 31.2 Å². The molecule has 0 saturated carbocycles. The van der Waals surface area contributed by atoms with Crippen molar-refractivity contribution in [3.63, 3.8) is 0 Å². The molecule has 11 heteroatoms. The Balaban J connectivity index is 1.96. The summed E-state index contributed by atoms with van der Waals surface area (Å²) >= 11 is 0. The molecule has 2 rings (SSSR count). The topological polar surface area (TPSA) is 95.6 Å². The lowest BCUT2D eigenvalue weighted by atomic mass is 10.2. The summed E-state index contributed by atoms with van der Waals surface area (Å²) in [5.41, 5.74) is 0.977. The van der Waals surface area contributed by atoms with Crippen LogP contribution in [0, 0.1) is 0 Å². The molecule has 0 aromatic heterocycles. The first-order valence-electron chi connectivity index (χ1n) is 10.0. The molecule has 2 amide bonds. The molecule has 33 heavy (non-hydrogen) atoms. The minimum atomic E-state index is -4.50. The lowest BCUT2D eigenvalue weighted by molar-refractivity contribution is -0.123. The Morgan fingerprint density at radius 2 is 1.55 bits per heavy atom. The number of carbonyl (C=O) groups is 2. The van der Waals surface area contributed by atoms with Crippen LogP contribution in [-0.4, -0.2) is 50.3 Å². The van der Waals surface area contributed by atoms with Gasteiger partial charge in [0.25, 0.3) is 5.91 Å². The minimum Gasteiger partial charge on any atom is -0.343 e. The second-order valence-electron chi connectivity index (χ2n) is 6.86. The SMILES string of the molecule is CCN(CC)S(=O)(=O)c1ccc(/C=C/C(=O)Nc2ccc(C(=O)NCC(F)(F)F)cc2)cc1. The van der Waals surface area contributed by atoms with E-state index in [1.807, 2.05) is 0 Å². The number of halogens is 3. The van der Waals surface area contributed by atoms with Crippen molar-refractivity contribution in [1.29, 1.82) is 0 Å². The van der Waals surface area contributed by atoms with Gasteiger partial charge in [0.05, 0.1) is 4.90 Å². The summed E-state index contributed by atoms with van der Waals surface area (Å²) in [5.74, 6) is -1.36. The second-order valence-corrected chi connectivity index (χ2v) is 8.79. The second kappa shape index (κ2) is 11.1. The molecule has 2 aromatic rings. The minimum absolute atomic E-state index is 0.0209. The van der Waals surface area contributed by atoms with Crippen molar-refractivity contribution in [2.24, 2.45) is 0 Å². The van der Waals surface area contributed by atoms with Crippen LogP contribution in [-0.2, 0) is 14.8 Å². The number of rotatable bonds is 9. The molecule has 0 saturated heterocycles. The molecule has 0 spiro atoms. The van der Waals surface area contributed by atoms with Crippen molar-refractivity contribution in [2.75, 3.05) is 25.0 Å². The Kier molecular flexibility index (Phi) is 8.77. The maximum atomic E-state index is 12.5. The zero-order valence-corrected chi connectivity index (χ0v) is 18.8. The Bertz CT molecular complexity index is 1090. The Hall–Kier alpha value is -3.18. The highest BCUT2D eigenvalue weighted by molar-refractivity contribution is 7.89. The Morgan fingerprint density at radius 1 is 0.970 bits per heavy atom. The van der Waals surface area contributed by atoms with Gasteiger partial charge in [-0.15, -0.1) is 0 Å². The molecule has 0 atom stereocenters. The van der Waals surface area contributed by atoms with E-state index in [1.54, 1.807) is 31.3 Å². The van der Waals surface area contributed by atoms with Gasteiger partial charge in [0.15, 0.2) is 0 Å². The number of nitrogens with zero attached hydrogens (tertiary/aromatic N) is 1. The maximum Gasteiger partial charge on any atom is 0.405 e. The summed E-state index contributed by atoms with van der Waals surface area (Å²) in [7, 11) is -3.56. The molecule has 178 valence electrons. The molecule has 0 aliphatic rings. The van der Waals surface area contributed by atoms with E-state index in [0.717, 1.165) is 0 Å².